The van der Waals surface area contributed by atoms with Crippen LogP contribution in [0.2, 0.25) is 0 Å². The Labute approximate surface area is 76.4 Å². The highest BCUT2D eigenvalue weighted by molar-refractivity contribution is 4.81. The Morgan fingerprint density at radius 3 is 3.15 bits per heavy atom. The minimum absolute atomic E-state index is 0.0104. The van der Waals surface area contributed by atoms with Crippen molar-refractivity contribution in [1.29, 1.82) is 0 Å². The predicted octanol–water partition coefficient (Wildman–Crippen LogP) is -0.401. The maximum absolute atomic E-state index is 11.6. The third kappa shape index (κ3) is 1.39. The van der Waals surface area contributed by atoms with E-state index in [1.165, 1.54) is 4.68 Å². The first-order valence-corrected chi connectivity index (χ1v) is 4.67. The van der Waals surface area contributed by atoms with Crippen LogP contribution < -0.4 is 11.0 Å². The van der Waals surface area contributed by atoms with Gasteiger partial charge >= 0.3 is 5.69 Å². The zero-order valence-corrected chi connectivity index (χ0v) is 7.73. The normalized spacial score (nSPS) is 22.4. The van der Waals surface area contributed by atoms with Gasteiger partial charge in [-0.25, -0.2) is 9.48 Å². The second-order valence-electron chi connectivity index (χ2n) is 3.28. The standard InChI is InChI=1S/C8H14N4O/c1-2-12-8(13)11(6-10-12)7-3-4-9-5-7/h6-7,9H,2-5H2,1H3/t7-/m1/s1. The van der Waals surface area contributed by atoms with E-state index in [-0.39, 0.29) is 5.69 Å². The average molecular weight is 182 g/mol. The van der Waals surface area contributed by atoms with E-state index in [0.717, 1.165) is 19.5 Å². The Bertz CT molecular complexity index is 334. The van der Waals surface area contributed by atoms with Crippen LogP contribution in [0.15, 0.2) is 11.1 Å². The molecule has 0 bridgehead atoms. The molecule has 1 fully saturated rings. The number of hydrogen-bond donors (Lipinski definition) is 1. The monoisotopic (exact) mass is 182 g/mol. The van der Waals surface area contributed by atoms with Crippen molar-refractivity contribution in [1.82, 2.24) is 19.7 Å². The molecule has 1 aliphatic heterocycles. The molecule has 0 aromatic carbocycles. The summed E-state index contributed by atoms with van der Waals surface area (Å²) in [5, 5.41) is 7.25. The summed E-state index contributed by atoms with van der Waals surface area (Å²) < 4.78 is 3.21. The highest BCUT2D eigenvalue weighted by Crippen LogP contribution is 2.11. The summed E-state index contributed by atoms with van der Waals surface area (Å²) >= 11 is 0. The molecule has 0 aliphatic carbocycles. The van der Waals surface area contributed by atoms with Gasteiger partial charge in [-0.1, -0.05) is 0 Å². The van der Waals surface area contributed by atoms with Gasteiger partial charge in [0, 0.05) is 13.1 Å². The summed E-state index contributed by atoms with van der Waals surface area (Å²) in [6.45, 7) is 4.45. The third-order valence-electron chi connectivity index (χ3n) is 2.48. The van der Waals surface area contributed by atoms with E-state index in [9.17, 15) is 4.79 Å². The van der Waals surface area contributed by atoms with E-state index >= 15 is 0 Å². The molecule has 1 aromatic rings. The Hall–Kier alpha value is -1.10. The van der Waals surface area contributed by atoms with Gasteiger partial charge in [-0.2, -0.15) is 5.10 Å². The first-order valence-electron chi connectivity index (χ1n) is 4.67. The average Bonchev–Trinajstić information content (AvgIpc) is 2.72. The van der Waals surface area contributed by atoms with Crippen molar-refractivity contribution in [2.45, 2.75) is 25.9 Å². The Morgan fingerprint density at radius 2 is 2.62 bits per heavy atom. The number of aromatic nitrogens is 3. The lowest BCUT2D eigenvalue weighted by Gasteiger charge is -2.06. The van der Waals surface area contributed by atoms with Crippen LogP contribution in [0.25, 0.3) is 0 Å². The highest BCUT2D eigenvalue weighted by atomic mass is 16.2. The molecule has 2 heterocycles. The number of nitrogens with one attached hydrogen (secondary N) is 1. The van der Waals surface area contributed by atoms with Gasteiger partial charge in [0.25, 0.3) is 0 Å². The second kappa shape index (κ2) is 3.33. The van der Waals surface area contributed by atoms with Crippen LogP contribution in [0.3, 0.4) is 0 Å². The molecule has 72 valence electrons. The molecule has 1 atom stereocenters. The summed E-state index contributed by atoms with van der Waals surface area (Å²) in [5.74, 6) is 0. The minimum atomic E-state index is 0.0104. The lowest BCUT2D eigenvalue weighted by molar-refractivity contribution is 0.514. The molecule has 5 nitrogen and oxygen atoms in total. The SMILES string of the molecule is CCn1ncn([C@@H]2CCNC2)c1=O. The Kier molecular flexibility index (Phi) is 2.18. The summed E-state index contributed by atoms with van der Waals surface area (Å²) in [6.07, 6.45) is 2.67. The number of nitrogens with zero attached hydrogens (tertiary/aromatic N) is 3. The van der Waals surface area contributed by atoms with Gasteiger partial charge in [-0.3, -0.25) is 4.57 Å². The van der Waals surface area contributed by atoms with Crippen molar-refractivity contribution in [2.24, 2.45) is 0 Å². The van der Waals surface area contributed by atoms with Gasteiger partial charge in [-0.05, 0) is 19.9 Å². The van der Waals surface area contributed by atoms with Gasteiger partial charge in [-0.15, -0.1) is 0 Å². The molecule has 0 saturated carbocycles. The van der Waals surface area contributed by atoms with Crippen molar-refractivity contribution in [3.8, 4) is 0 Å². The predicted molar refractivity (Wildman–Crippen MR) is 48.7 cm³/mol. The fraction of sp³-hybridized carbons (Fsp3) is 0.750. The quantitative estimate of drug-likeness (QED) is 0.677. The molecule has 5 heteroatoms. The van der Waals surface area contributed by atoms with Gasteiger partial charge in [0.15, 0.2) is 0 Å². The van der Waals surface area contributed by atoms with E-state index in [1.54, 1.807) is 10.9 Å². The third-order valence-corrected chi connectivity index (χ3v) is 2.48. The fourth-order valence-electron chi connectivity index (χ4n) is 1.69. The van der Waals surface area contributed by atoms with Crippen LogP contribution in [0, 0.1) is 0 Å². The number of aryl methyl sites for hydroxylation is 1. The molecule has 1 N–H and O–H groups in total. The van der Waals surface area contributed by atoms with Crippen LogP contribution in [-0.4, -0.2) is 27.4 Å². The van der Waals surface area contributed by atoms with Gasteiger partial charge in [0.1, 0.15) is 6.33 Å². The van der Waals surface area contributed by atoms with E-state index in [0.29, 0.717) is 12.6 Å². The molecule has 1 aliphatic rings. The van der Waals surface area contributed by atoms with Crippen LogP contribution in [0.5, 0.6) is 0 Å². The fourth-order valence-corrected chi connectivity index (χ4v) is 1.69. The smallest absolute Gasteiger partial charge is 0.315 e. The van der Waals surface area contributed by atoms with Crippen LogP contribution >= 0.6 is 0 Å². The summed E-state index contributed by atoms with van der Waals surface area (Å²) in [5.41, 5.74) is 0.0104. The molecule has 0 radical (unpaired) electrons. The molecule has 1 aromatic heterocycles. The topological polar surface area (TPSA) is 51.9 Å². The van der Waals surface area contributed by atoms with Crippen molar-refractivity contribution >= 4 is 0 Å². The summed E-state index contributed by atoms with van der Waals surface area (Å²) in [4.78, 5) is 11.6. The molecule has 0 spiro atoms. The van der Waals surface area contributed by atoms with Crippen molar-refractivity contribution in [3.63, 3.8) is 0 Å². The van der Waals surface area contributed by atoms with Gasteiger partial charge < -0.3 is 5.32 Å². The van der Waals surface area contributed by atoms with Crippen LogP contribution in [0.1, 0.15) is 19.4 Å². The van der Waals surface area contributed by atoms with Crippen molar-refractivity contribution in [2.75, 3.05) is 13.1 Å². The minimum Gasteiger partial charge on any atom is -0.315 e. The van der Waals surface area contributed by atoms with E-state index in [2.05, 4.69) is 10.4 Å². The molecule has 0 unspecified atom stereocenters. The van der Waals surface area contributed by atoms with Crippen molar-refractivity contribution < 1.29 is 0 Å². The molecule has 1 saturated heterocycles. The lowest BCUT2D eigenvalue weighted by Crippen LogP contribution is -2.28. The Morgan fingerprint density at radius 1 is 1.77 bits per heavy atom. The molecule has 0 amide bonds. The largest absolute Gasteiger partial charge is 0.345 e. The van der Waals surface area contributed by atoms with Crippen LogP contribution in [0.4, 0.5) is 0 Å². The maximum atomic E-state index is 11.6. The van der Waals surface area contributed by atoms with Crippen LogP contribution in [-0.2, 0) is 6.54 Å². The van der Waals surface area contributed by atoms with Gasteiger partial charge in [0.2, 0.25) is 0 Å². The molecular weight excluding hydrogens is 168 g/mol. The summed E-state index contributed by atoms with van der Waals surface area (Å²) in [6, 6.07) is 0.299. The molecular formula is C8H14N4O. The molecule has 2 rings (SSSR count). The number of rotatable bonds is 2. The van der Waals surface area contributed by atoms with E-state index < -0.39 is 0 Å². The second-order valence-corrected chi connectivity index (χ2v) is 3.28. The zero-order valence-electron chi connectivity index (χ0n) is 7.73. The van der Waals surface area contributed by atoms with E-state index in [1.807, 2.05) is 6.92 Å². The highest BCUT2D eigenvalue weighted by Gasteiger charge is 2.18. The van der Waals surface area contributed by atoms with Crippen molar-refractivity contribution in [3.05, 3.63) is 16.8 Å². The van der Waals surface area contributed by atoms with E-state index in [4.69, 9.17) is 0 Å². The zero-order chi connectivity index (χ0) is 9.26. The first-order chi connectivity index (χ1) is 6.33. The molecule has 13 heavy (non-hydrogen) atoms. The summed E-state index contributed by atoms with van der Waals surface area (Å²) in [7, 11) is 0. The van der Waals surface area contributed by atoms with Gasteiger partial charge in [0.05, 0.1) is 6.04 Å². The maximum Gasteiger partial charge on any atom is 0.345 e. The lowest BCUT2D eigenvalue weighted by atomic mass is 10.3. The Balaban J connectivity index is 2.29. The first kappa shape index (κ1) is 8.50. The number of hydrogen-bond acceptors (Lipinski definition) is 3.